The Labute approximate surface area is 176 Å². The van der Waals surface area contributed by atoms with Crippen molar-refractivity contribution >= 4 is 11.9 Å². The van der Waals surface area contributed by atoms with Gasteiger partial charge in [-0.15, -0.1) is 0 Å². The lowest BCUT2D eigenvalue weighted by atomic mass is 9.82. The summed E-state index contributed by atoms with van der Waals surface area (Å²) in [5, 5.41) is 4.63. The predicted molar refractivity (Wildman–Crippen MR) is 112 cm³/mol. The van der Waals surface area contributed by atoms with E-state index in [1.165, 1.54) is 0 Å². The smallest absolute Gasteiger partial charge is 0.306 e. The largest absolute Gasteiger partial charge is 0.459 e. The van der Waals surface area contributed by atoms with Crippen LogP contribution in [0.5, 0.6) is 0 Å². The van der Waals surface area contributed by atoms with Crippen molar-refractivity contribution < 1.29 is 29.7 Å². The van der Waals surface area contributed by atoms with Crippen molar-refractivity contribution in [2.75, 3.05) is 26.2 Å². The van der Waals surface area contributed by atoms with Crippen LogP contribution >= 0.6 is 0 Å². The van der Waals surface area contributed by atoms with E-state index in [0.29, 0.717) is 11.8 Å². The first-order valence-corrected chi connectivity index (χ1v) is 11.5. The number of ether oxygens (including phenoxy) is 2. The van der Waals surface area contributed by atoms with Gasteiger partial charge in [0.15, 0.2) is 0 Å². The Morgan fingerprint density at radius 3 is 1.31 bits per heavy atom. The average Bonchev–Trinajstić information content (AvgIpc) is 2.61. The molecule has 0 aliphatic carbocycles. The molecule has 4 N–H and O–H groups in total. The van der Waals surface area contributed by atoms with Crippen LogP contribution in [-0.2, 0) is 19.1 Å². The molecule has 2 saturated heterocycles. The second kappa shape index (κ2) is 9.78. The molecule has 0 bridgehead atoms. The molecule has 2 heterocycles. The molecule has 0 unspecified atom stereocenters. The summed E-state index contributed by atoms with van der Waals surface area (Å²) >= 11 is 0. The number of piperidine rings is 2. The minimum atomic E-state index is -0.485. The van der Waals surface area contributed by atoms with Crippen LogP contribution in [0.1, 0.15) is 80.1 Å². The van der Waals surface area contributed by atoms with Crippen LogP contribution in [0.4, 0.5) is 0 Å². The highest BCUT2D eigenvalue weighted by Crippen LogP contribution is 2.33. The molecular formula is C23H44N2O4+2. The minimum absolute atomic E-state index is 0.218. The molecule has 0 aromatic heterocycles. The molecule has 0 amide bonds. The zero-order valence-electron chi connectivity index (χ0n) is 19.5. The number of rotatable bonds is 8. The summed E-state index contributed by atoms with van der Waals surface area (Å²) in [5.74, 6) is 0.366. The van der Waals surface area contributed by atoms with Gasteiger partial charge in [0.2, 0.25) is 0 Å². The Morgan fingerprint density at radius 2 is 1.00 bits per heavy atom. The molecule has 0 atom stereocenters. The molecule has 6 heteroatoms. The van der Waals surface area contributed by atoms with E-state index in [4.69, 9.17) is 9.47 Å². The highest BCUT2D eigenvalue weighted by Gasteiger charge is 2.39. The number of nitrogens with two attached hydrogens (primary N) is 2. The predicted octanol–water partition coefficient (Wildman–Crippen LogP) is 1.38. The molecule has 168 valence electrons. The van der Waals surface area contributed by atoms with Gasteiger partial charge in [0, 0.05) is 37.5 Å². The van der Waals surface area contributed by atoms with Gasteiger partial charge in [-0.3, -0.25) is 9.59 Å². The SMILES string of the molecule is CC(C)(CC(=O)OC(C)(C)C1CC[NH2+]CC1)CC(=O)OC(C)(C)C1CC[NH2+]CC1. The number of carbonyl (C=O) groups excluding carboxylic acids is 2. The molecule has 2 aliphatic rings. The zero-order chi connectivity index (χ0) is 21.7. The molecule has 0 aromatic carbocycles. The van der Waals surface area contributed by atoms with Gasteiger partial charge in [0.05, 0.1) is 39.0 Å². The molecular weight excluding hydrogens is 368 g/mol. The Balaban J connectivity index is 1.84. The maximum absolute atomic E-state index is 12.6. The maximum Gasteiger partial charge on any atom is 0.306 e. The topological polar surface area (TPSA) is 85.8 Å². The lowest BCUT2D eigenvalue weighted by Gasteiger charge is -2.37. The summed E-state index contributed by atoms with van der Waals surface area (Å²) < 4.78 is 11.8. The number of esters is 2. The highest BCUT2D eigenvalue weighted by molar-refractivity contribution is 5.74. The van der Waals surface area contributed by atoms with Gasteiger partial charge in [-0.25, -0.2) is 0 Å². The monoisotopic (exact) mass is 412 g/mol. The van der Waals surface area contributed by atoms with Crippen molar-refractivity contribution in [3.05, 3.63) is 0 Å². The first-order valence-electron chi connectivity index (χ1n) is 11.5. The first kappa shape index (κ1) is 24.1. The van der Waals surface area contributed by atoms with E-state index in [0.717, 1.165) is 51.9 Å². The summed E-state index contributed by atoms with van der Waals surface area (Å²) in [6.45, 7) is 16.4. The summed E-state index contributed by atoms with van der Waals surface area (Å²) in [6, 6.07) is 0. The van der Waals surface area contributed by atoms with Gasteiger partial charge >= 0.3 is 11.9 Å². The zero-order valence-corrected chi connectivity index (χ0v) is 19.5. The first-order chi connectivity index (χ1) is 13.4. The normalized spacial score (nSPS) is 20.3. The third-order valence-electron chi connectivity index (χ3n) is 6.84. The van der Waals surface area contributed by atoms with Gasteiger partial charge in [0.25, 0.3) is 0 Å². The van der Waals surface area contributed by atoms with E-state index >= 15 is 0 Å². The van der Waals surface area contributed by atoms with E-state index in [-0.39, 0.29) is 24.8 Å². The lowest BCUT2D eigenvalue weighted by molar-refractivity contribution is -0.666. The summed E-state index contributed by atoms with van der Waals surface area (Å²) in [6.07, 6.45) is 4.74. The number of quaternary nitrogens is 2. The molecule has 0 saturated carbocycles. The fraction of sp³-hybridized carbons (Fsp3) is 0.913. The molecule has 0 radical (unpaired) electrons. The summed E-state index contributed by atoms with van der Waals surface area (Å²) in [5.41, 5.74) is -1.40. The van der Waals surface area contributed by atoms with Crippen LogP contribution in [0, 0.1) is 17.3 Å². The molecule has 29 heavy (non-hydrogen) atoms. The molecule has 6 nitrogen and oxygen atoms in total. The number of carbonyl (C=O) groups is 2. The number of hydrogen-bond donors (Lipinski definition) is 2. The Kier molecular flexibility index (Phi) is 8.14. The Hall–Kier alpha value is -1.14. The van der Waals surface area contributed by atoms with Crippen LogP contribution in [-0.4, -0.2) is 49.3 Å². The van der Waals surface area contributed by atoms with E-state index in [9.17, 15) is 9.59 Å². The maximum atomic E-state index is 12.6. The Morgan fingerprint density at radius 1 is 0.690 bits per heavy atom. The highest BCUT2D eigenvalue weighted by atomic mass is 16.6. The summed E-state index contributed by atoms with van der Waals surface area (Å²) in [7, 11) is 0. The third kappa shape index (κ3) is 7.56. The van der Waals surface area contributed by atoms with Crippen LogP contribution in [0.3, 0.4) is 0 Å². The van der Waals surface area contributed by atoms with Gasteiger partial charge in [-0.2, -0.15) is 0 Å². The van der Waals surface area contributed by atoms with Crippen LogP contribution in [0.25, 0.3) is 0 Å². The number of hydrogen-bond acceptors (Lipinski definition) is 4. The van der Waals surface area contributed by atoms with Gasteiger partial charge < -0.3 is 20.1 Å². The van der Waals surface area contributed by atoms with Crippen LogP contribution in [0.15, 0.2) is 0 Å². The van der Waals surface area contributed by atoms with E-state index in [1.54, 1.807) is 0 Å². The van der Waals surface area contributed by atoms with Crippen molar-refractivity contribution in [3.63, 3.8) is 0 Å². The van der Waals surface area contributed by atoms with Crippen LogP contribution in [0.2, 0.25) is 0 Å². The van der Waals surface area contributed by atoms with E-state index in [1.807, 2.05) is 41.5 Å². The fourth-order valence-corrected chi connectivity index (χ4v) is 4.91. The third-order valence-corrected chi connectivity index (χ3v) is 6.84. The lowest BCUT2D eigenvalue weighted by Crippen LogP contribution is -2.86. The fourth-order valence-electron chi connectivity index (χ4n) is 4.91. The molecule has 2 aliphatic heterocycles. The minimum Gasteiger partial charge on any atom is -0.459 e. The Bertz CT molecular complexity index is 511. The van der Waals surface area contributed by atoms with Gasteiger partial charge in [-0.1, -0.05) is 13.8 Å². The molecule has 0 spiro atoms. The standard InChI is InChI=1S/C23H42N2O4/c1-21(2,15-19(26)28-22(3,4)17-7-11-24-12-8-17)16-20(27)29-23(5,6)18-9-13-25-14-10-18/h17-18,24-25H,7-16H2,1-6H3/p+2. The second-order valence-corrected chi connectivity index (χ2v) is 11.0. The molecule has 2 fully saturated rings. The van der Waals surface area contributed by atoms with Crippen LogP contribution < -0.4 is 10.6 Å². The van der Waals surface area contributed by atoms with E-state index in [2.05, 4.69) is 10.6 Å². The van der Waals surface area contributed by atoms with Crippen molar-refractivity contribution in [2.45, 2.75) is 91.3 Å². The van der Waals surface area contributed by atoms with Crippen molar-refractivity contribution in [2.24, 2.45) is 17.3 Å². The molecule has 0 aromatic rings. The van der Waals surface area contributed by atoms with Gasteiger partial charge in [0.1, 0.15) is 11.2 Å². The van der Waals surface area contributed by atoms with Crippen molar-refractivity contribution in [1.82, 2.24) is 0 Å². The second-order valence-electron chi connectivity index (χ2n) is 11.0. The van der Waals surface area contributed by atoms with E-state index < -0.39 is 16.6 Å². The van der Waals surface area contributed by atoms with Crippen molar-refractivity contribution in [1.29, 1.82) is 0 Å². The van der Waals surface area contributed by atoms with Gasteiger partial charge in [-0.05, 0) is 33.1 Å². The quantitative estimate of drug-likeness (QED) is 0.590. The summed E-state index contributed by atoms with van der Waals surface area (Å²) in [4.78, 5) is 25.3. The average molecular weight is 413 g/mol. The van der Waals surface area contributed by atoms with Crippen molar-refractivity contribution in [3.8, 4) is 0 Å². The molecule has 2 rings (SSSR count).